The van der Waals surface area contributed by atoms with Gasteiger partial charge in [0.2, 0.25) is 0 Å². The van der Waals surface area contributed by atoms with Crippen molar-refractivity contribution in [3.05, 3.63) is 0 Å². The second-order valence-corrected chi connectivity index (χ2v) is 11.3. The molecule has 31 heavy (non-hydrogen) atoms. The third-order valence-corrected chi connectivity index (χ3v) is 7.82. The maximum atomic E-state index is 13.5. The molecule has 0 aromatic rings. The molecule has 4 nitrogen and oxygen atoms in total. The molecule has 0 aliphatic rings. The largest absolute Gasteiger partial charge is 0.331 e. The van der Waals surface area contributed by atoms with Gasteiger partial charge in [-0.05, 0) is 38.8 Å². The van der Waals surface area contributed by atoms with Crippen molar-refractivity contribution in [2.45, 2.75) is 130 Å². The second-order valence-electron chi connectivity index (χ2n) is 9.09. The van der Waals surface area contributed by atoms with Gasteiger partial charge in [0.25, 0.3) is 0 Å². The summed E-state index contributed by atoms with van der Waals surface area (Å²) in [6.07, 6.45) is 19.9. The average Bonchev–Trinajstić information content (AvgIpc) is 2.77. The minimum Gasteiger partial charge on any atom is -0.309 e. The van der Waals surface area contributed by atoms with Gasteiger partial charge in [-0.25, -0.2) is 0 Å². The zero-order valence-corrected chi connectivity index (χ0v) is 22.6. The summed E-state index contributed by atoms with van der Waals surface area (Å²) in [5.74, 6) is 0. The molecule has 0 atom stereocenters. The van der Waals surface area contributed by atoms with Crippen LogP contribution in [-0.2, 0) is 13.6 Å². The maximum Gasteiger partial charge on any atom is 0.331 e. The molecule has 0 unspecified atom stereocenters. The first-order valence-electron chi connectivity index (χ1n) is 13.7. The van der Waals surface area contributed by atoms with E-state index < -0.39 is 7.60 Å². The van der Waals surface area contributed by atoms with E-state index in [1.165, 1.54) is 77.0 Å². The molecule has 0 rings (SSSR count). The maximum absolute atomic E-state index is 13.5. The third-order valence-electron chi connectivity index (χ3n) is 5.92. The van der Waals surface area contributed by atoms with Gasteiger partial charge in [-0.15, -0.1) is 0 Å². The summed E-state index contributed by atoms with van der Waals surface area (Å²) in [6, 6.07) is 0. The van der Waals surface area contributed by atoms with Crippen LogP contribution >= 0.6 is 7.60 Å². The average molecular weight is 462 g/mol. The molecule has 188 valence electrons. The van der Waals surface area contributed by atoms with Crippen molar-refractivity contribution >= 4 is 7.60 Å². The molecule has 0 aromatic carbocycles. The smallest absolute Gasteiger partial charge is 0.309 e. The molecule has 0 amide bonds. The van der Waals surface area contributed by atoms with Crippen molar-refractivity contribution in [1.29, 1.82) is 0 Å². The van der Waals surface area contributed by atoms with Crippen LogP contribution in [0.2, 0.25) is 0 Å². The molecule has 0 heterocycles. The summed E-state index contributed by atoms with van der Waals surface area (Å²) in [5, 5.41) is 0. The fourth-order valence-electron chi connectivity index (χ4n) is 3.70. The van der Waals surface area contributed by atoms with Gasteiger partial charge >= 0.3 is 7.60 Å². The van der Waals surface area contributed by atoms with Gasteiger partial charge in [-0.3, -0.25) is 4.57 Å². The summed E-state index contributed by atoms with van der Waals surface area (Å²) < 4.78 is 25.4. The van der Waals surface area contributed by atoms with Crippen LogP contribution < -0.4 is 0 Å². The lowest BCUT2D eigenvalue weighted by Gasteiger charge is -2.25. The van der Waals surface area contributed by atoms with E-state index >= 15 is 0 Å². The Balaban J connectivity index is 4.47. The normalized spacial score (nSPS) is 12.2. The lowest BCUT2D eigenvalue weighted by molar-refractivity contribution is 0.191. The van der Waals surface area contributed by atoms with Crippen molar-refractivity contribution in [2.75, 3.05) is 39.0 Å². The van der Waals surface area contributed by atoms with E-state index in [0.29, 0.717) is 19.4 Å². The van der Waals surface area contributed by atoms with Crippen LogP contribution in [0.3, 0.4) is 0 Å². The molecule has 0 saturated carbocycles. The number of hydrogen-bond acceptors (Lipinski definition) is 4. The van der Waals surface area contributed by atoms with Gasteiger partial charge in [-0.2, -0.15) is 0 Å². The Kier molecular flexibility index (Phi) is 23.4. The Bertz CT molecular complexity index is 376. The minimum absolute atomic E-state index is 0.534. The van der Waals surface area contributed by atoms with Gasteiger partial charge in [0.1, 0.15) is 0 Å². The van der Waals surface area contributed by atoms with E-state index in [9.17, 15) is 4.57 Å². The van der Waals surface area contributed by atoms with E-state index in [2.05, 4.69) is 32.6 Å². The molecule has 0 radical (unpaired) electrons. The van der Waals surface area contributed by atoms with Gasteiger partial charge in [-0.1, -0.05) is 105 Å². The lowest BCUT2D eigenvalue weighted by atomic mass is 10.1. The first kappa shape index (κ1) is 31.1. The van der Waals surface area contributed by atoms with E-state index in [1.54, 1.807) is 0 Å². The summed E-state index contributed by atoms with van der Waals surface area (Å²) >= 11 is 0. The highest BCUT2D eigenvalue weighted by Gasteiger charge is 2.25. The van der Waals surface area contributed by atoms with Crippen LogP contribution in [0, 0.1) is 0 Å². The van der Waals surface area contributed by atoms with Crippen LogP contribution in [0.1, 0.15) is 130 Å². The highest BCUT2D eigenvalue weighted by molar-refractivity contribution is 7.53. The van der Waals surface area contributed by atoms with Crippen molar-refractivity contribution in [3.63, 3.8) is 0 Å². The quantitative estimate of drug-likeness (QED) is 0.100. The molecule has 0 fully saturated rings. The highest BCUT2D eigenvalue weighted by Crippen LogP contribution is 2.48. The SMILES string of the molecule is CCCCCCCCOP(=O)(CCN(CCCC)CCCC)OCCCCCCCC. The Morgan fingerprint density at radius 2 is 0.903 bits per heavy atom. The van der Waals surface area contributed by atoms with Gasteiger partial charge in [0.15, 0.2) is 0 Å². The highest BCUT2D eigenvalue weighted by atomic mass is 31.2. The molecule has 0 spiro atoms. The lowest BCUT2D eigenvalue weighted by Crippen LogP contribution is -2.29. The second kappa shape index (κ2) is 23.3. The zero-order valence-electron chi connectivity index (χ0n) is 21.7. The standard InChI is InChI=1S/C26H56NO3P/c1-5-9-13-15-17-19-24-29-31(28,30-25-20-18-16-14-10-6-2)26-23-27(21-11-7-3)22-12-8-4/h5-26H2,1-4H3. The van der Waals surface area contributed by atoms with E-state index in [-0.39, 0.29) is 0 Å². The minimum atomic E-state index is -3.00. The van der Waals surface area contributed by atoms with Gasteiger partial charge in [0.05, 0.1) is 19.4 Å². The third kappa shape index (κ3) is 20.4. The molecule has 0 aliphatic heterocycles. The number of unbranched alkanes of at least 4 members (excludes halogenated alkanes) is 12. The predicted octanol–water partition coefficient (Wildman–Crippen LogP) is 8.84. The molecule has 5 heteroatoms. The molecular formula is C26H56NO3P. The number of hydrogen-bond donors (Lipinski definition) is 0. The van der Waals surface area contributed by atoms with Crippen molar-refractivity contribution in [3.8, 4) is 0 Å². The topological polar surface area (TPSA) is 38.8 Å². The molecule has 0 N–H and O–H groups in total. The first-order valence-corrected chi connectivity index (χ1v) is 15.4. The van der Waals surface area contributed by atoms with Crippen LogP contribution in [0.25, 0.3) is 0 Å². The zero-order chi connectivity index (χ0) is 23.0. The fraction of sp³-hybridized carbons (Fsp3) is 1.00. The summed E-state index contributed by atoms with van der Waals surface area (Å²) in [5.41, 5.74) is 0. The molecule has 0 saturated heterocycles. The molecule has 0 aliphatic carbocycles. The van der Waals surface area contributed by atoms with Crippen molar-refractivity contribution < 1.29 is 13.6 Å². The fourth-order valence-corrected chi connectivity index (χ4v) is 5.38. The van der Waals surface area contributed by atoms with Gasteiger partial charge in [0, 0.05) is 6.54 Å². The molecule has 0 aromatic heterocycles. The van der Waals surface area contributed by atoms with E-state index in [1.807, 2.05) is 0 Å². The summed E-state index contributed by atoms with van der Waals surface area (Å²) in [4.78, 5) is 2.46. The monoisotopic (exact) mass is 461 g/mol. The van der Waals surface area contributed by atoms with Crippen molar-refractivity contribution in [2.24, 2.45) is 0 Å². The first-order chi connectivity index (χ1) is 15.1. The van der Waals surface area contributed by atoms with Crippen LogP contribution in [0.15, 0.2) is 0 Å². The van der Waals surface area contributed by atoms with Crippen LogP contribution in [-0.4, -0.2) is 43.9 Å². The predicted molar refractivity (Wildman–Crippen MR) is 137 cm³/mol. The Morgan fingerprint density at radius 3 is 1.32 bits per heavy atom. The Morgan fingerprint density at radius 1 is 0.516 bits per heavy atom. The Hall–Kier alpha value is 0.110. The van der Waals surface area contributed by atoms with Crippen LogP contribution in [0.5, 0.6) is 0 Å². The molecule has 0 bridgehead atoms. The summed E-state index contributed by atoms with van der Waals surface area (Å²) in [7, 11) is -3.00. The summed E-state index contributed by atoms with van der Waals surface area (Å²) in [6.45, 7) is 13.1. The number of nitrogens with zero attached hydrogens (tertiary/aromatic N) is 1. The molecular weight excluding hydrogens is 405 g/mol. The van der Waals surface area contributed by atoms with Crippen LogP contribution in [0.4, 0.5) is 0 Å². The van der Waals surface area contributed by atoms with E-state index in [4.69, 9.17) is 9.05 Å². The van der Waals surface area contributed by atoms with Gasteiger partial charge < -0.3 is 13.9 Å². The Labute approximate surface area is 195 Å². The van der Waals surface area contributed by atoms with E-state index in [0.717, 1.165) is 45.3 Å². The number of rotatable bonds is 25. The van der Waals surface area contributed by atoms with Crippen molar-refractivity contribution in [1.82, 2.24) is 4.90 Å².